The summed E-state index contributed by atoms with van der Waals surface area (Å²) in [5.41, 5.74) is 2.22. The van der Waals surface area contributed by atoms with E-state index in [-0.39, 0.29) is 5.91 Å². The molecule has 0 saturated carbocycles. The van der Waals surface area contributed by atoms with Crippen LogP contribution in [-0.4, -0.2) is 42.0 Å². The molecule has 1 fully saturated rings. The molecule has 1 aromatic carbocycles. The molecule has 114 valence electrons. The van der Waals surface area contributed by atoms with E-state index >= 15 is 0 Å². The van der Waals surface area contributed by atoms with Gasteiger partial charge in [0, 0.05) is 50.2 Å². The summed E-state index contributed by atoms with van der Waals surface area (Å²) in [4.78, 5) is 20.9. The van der Waals surface area contributed by atoms with Crippen LogP contribution in [0.15, 0.2) is 54.7 Å². The number of benzene rings is 1. The number of aryl methyl sites for hydroxylation is 1. The van der Waals surface area contributed by atoms with E-state index in [1.54, 1.807) is 6.20 Å². The van der Waals surface area contributed by atoms with E-state index < -0.39 is 0 Å². The van der Waals surface area contributed by atoms with Gasteiger partial charge in [-0.3, -0.25) is 9.78 Å². The lowest BCUT2D eigenvalue weighted by molar-refractivity contribution is -0.131. The predicted octanol–water partition coefficient (Wildman–Crippen LogP) is 2.36. The van der Waals surface area contributed by atoms with E-state index in [1.807, 2.05) is 29.2 Å². The average Bonchev–Trinajstić information content (AvgIpc) is 2.61. The van der Waals surface area contributed by atoms with Crippen LogP contribution in [0.1, 0.15) is 12.1 Å². The highest BCUT2D eigenvalue weighted by Gasteiger charge is 2.20. The average molecular weight is 295 g/mol. The Labute approximate surface area is 131 Å². The third kappa shape index (κ3) is 3.64. The van der Waals surface area contributed by atoms with E-state index in [0.29, 0.717) is 6.42 Å². The van der Waals surface area contributed by atoms with Crippen LogP contribution < -0.4 is 4.90 Å². The lowest BCUT2D eigenvalue weighted by Gasteiger charge is -2.36. The van der Waals surface area contributed by atoms with Crippen LogP contribution in [-0.2, 0) is 11.2 Å². The van der Waals surface area contributed by atoms with Crippen molar-refractivity contribution in [3.63, 3.8) is 0 Å². The van der Waals surface area contributed by atoms with Gasteiger partial charge in [-0.1, -0.05) is 24.3 Å². The molecule has 2 heterocycles. The Balaban J connectivity index is 1.48. The third-order valence-electron chi connectivity index (χ3n) is 4.07. The number of rotatable bonds is 4. The number of hydrogen-bond donors (Lipinski definition) is 0. The fourth-order valence-corrected chi connectivity index (χ4v) is 2.79. The van der Waals surface area contributed by atoms with Gasteiger partial charge in [0.15, 0.2) is 0 Å². The number of piperazine rings is 1. The van der Waals surface area contributed by atoms with Gasteiger partial charge in [-0.2, -0.15) is 0 Å². The second kappa shape index (κ2) is 7.07. The van der Waals surface area contributed by atoms with Gasteiger partial charge in [0.05, 0.1) is 0 Å². The smallest absolute Gasteiger partial charge is 0.223 e. The number of hydrogen-bond acceptors (Lipinski definition) is 3. The van der Waals surface area contributed by atoms with Gasteiger partial charge >= 0.3 is 0 Å². The van der Waals surface area contributed by atoms with Gasteiger partial charge in [0.25, 0.3) is 0 Å². The van der Waals surface area contributed by atoms with Crippen molar-refractivity contribution in [2.45, 2.75) is 12.8 Å². The number of amides is 1. The highest BCUT2D eigenvalue weighted by molar-refractivity contribution is 5.76. The van der Waals surface area contributed by atoms with Crippen LogP contribution in [0.4, 0.5) is 5.69 Å². The van der Waals surface area contributed by atoms with Crippen LogP contribution in [0, 0.1) is 0 Å². The molecule has 0 atom stereocenters. The summed E-state index contributed by atoms with van der Waals surface area (Å²) in [5.74, 6) is 0.235. The molecule has 1 aliphatic rings. The lowest BCUT2D eigenvalue weighted by atomic mass is 10.2. The van der Waals surface area contributed by atoms with Crippen LogP contribution in [0.3, 0.4) is 0 Å². The summed E-state index contributed by atoms with van der Waals surface area (Å²) in [6.07, 6.45) is 3.04. The first-order valence-corrected chi connectivity index (χ1v) is 7.80. The molecule has 0 bridgehead atoms. The quantitative estimate of drug-likeness (QED) is 0.869. The van der Waals surface area contributed by atoms with Crippen molar-refractivity contribution in [2.24, 2.45) is 0 Å². The summed E-state index contributed by atoms with van der Waals surface area (Å²) < 4.78 is 0. The molecule has 0 aliphatic carbocycles. The monoisotopic (exact) mass is 295 g/mol. The number of anilines is 1. The first kappa shape index (κ1) is 14.6. The molecule has 2 aromatic rings. The van der Waals surface area contributed by atoms with Gasteiger partial charge in [0.2, 0.25) is 5.91 Å². The van der Waals surface area contributed by atoms with Gasteiger partial charge in [-0.25, -0.2) is 0 Å². The van der Waals surface area contributed by atoms with Crippen molar-refractivity contribution < 1.29 is 4.79 Å². The summed E-state index contributed by atoms with van der Waals surface area (Å²) in [7, 11) is 0. The van der Waals surface area contributed by atoms with Crippen LogP contribution >= 0.6 is 0 Å². The van der Waals surface area contributed by atoms with E-state index in [1.165, 1.54) is 5.69 Å². The standard InChI is InChI=1S/C18H21N3O/c22-18(10-9-16-6-4-5-11-19-16)21-14-12-20(13-15-21)17-7-2-1-3-8-17/h1-8,11H,9-10,12-15H2. The maximum Gasteiger partial charge on any atom is 0.223 e. The van der Waals surface area contributed by atoms with Gasteiger partial charge in [0.1, 0.15) is 0 Å². The first-order chi connectivity index (χ1) is 10.8. The number of aromatic nitrogens is 1. The Morgan fingerprint density at radius 1 is 0.955 bits per heavy atom. The van der Waals surface area contributed by atoms with Crippen LogP contribution in [0.5, 0.6) is 0 Å². The summed E-state index contributed by atoms with van der Waals surface area (Å²) in [6.45, 7) is 3.41. The van der Waals surface area contributed by atoms with E-state index in [0.717, 1.165) is 38.3 Å². The van der Waals surface area contributed by atoms with Crippen molar-refractivity contribution in [3.8, 4) is 0 Å². The Morgan fingerprint density at radius 2 is 1.68 bits per heavy atom. The second-order valence-electron chi connectivity index (χ2n) is 5.52. The number of carbonyl (C=O) groups is 1. The summed E-state index contributed by atoms with van der Waals surface area (Å²) >= 11 is 0. The zero-order valence-electron chi connectivity index (χ0n) is 12.7. The zero-order valence-corrected chi connectivity index (χ0v) is 12.7. The highest BCUT2D eigenvalue weighted by Crippen LogP contribution is 2.16. The maximum absolute atomic E-state index is 12.3. The molecule has 1 aliphatic heterocycles. The largest absolute Gasteiger partial charge is 0.368 e. The highest BCUT2D eigenvalue weighted by atomic mass is 16.2. The Hall–Kier alpha value is -2.36. The molecule has 0 radical (unpaired) electrons. The fraction of sp³-hybridized carbons (Fsp3) is 0.333. The van der Waals surface area contributed by atoms with E-state index in [2.05, 4.69) is 34.1 Å². The van der Waals surface area contributed by atoms with E-state index in [9.17, 15) is 4.79 Å². The molecule has 1 saturated heterocycles. The Morgan fingerprint density at radius 3 is 2.36 bits per heavy atom. The molecule has 0 spiro atoms. The second-order valence-corrected chi connectivity index (χ2v) is 5.52. The van der Waals surface area contributed by atoms with Gasteiger partial charge < -0.3 is 9.80 Å². The number of para-hydroxylation sites is 1. The Kier molecular flexibility index (Phi) is 4.68. The molecule has 1 amide bonds. The van der Waals surface area contributed by atoms with E-state index in [4.69, 9.17) is 0 Å². The molecule has 3 rings (SSSR count). The molecule has 4 heteroatoms. The molecule has 1 aromatic heterocycles. The Bertz CT molecular complexity index is 592. The van der Waals surface area contributed by atoms with Crippen LogP contribution in [0.2, 0.25) is 0 Å². The number of nitrogens with zero attached hydrogens (tertiary/aromatic N) is 3. The van der Waals surface area contributed by atoms with Crippen molar-refractivity contribution >= 4 is 11.6 Å². The van der Waals surface area contributed by atoms with Crippen molar-refractivity contribution in [1.82, 2.24) is 9.88 Å². The topological polar surface area (TPSA) is 36.4 Å². The molecular weight excluding hydrogens is 274 g/mol. The molecule has 4 nitrogen and oxygen atoms in total. The van der Waals surface area contributed by atoms with Gasteiger partial charge in [-0.05, 0) is 30.7 Å². The first-order valence-electron chi connectivity index (χ1n) is 7.80. The maximum atomic E-state index is 12.3. The predicted molar refractivity (Wildman–Crippen MR) is 87.8 cm³/mol. The molecule has 0 unspecified atom stereocenters. The number of carbonyl (C=O) groups excluding carboxylic acids is 1. The summed E-state index contributed by atoms with van der Waals surface area (Å²) in [6, 6.07) is 16.2. The SMILES string of the molecule is O=C(CCc1ccccn1)N1CCN(c2ccccc2)CC1. The van der Waals surface area contributed by atoms with Crippen LogP contribution in [0.25, 0.3) is 0 Å². The minimum Gasteiger partial charge on any atom is -0.368 e. The molecular formula is C18H21N3O. The van der Waals surface area contributed by atoms with Crippen molar-refractivity contribution in [3.05, 3.63) is 60.4 Å². The third-order valence-corrected chi connectivity index (χ3v) is 4.07. The molecule has 0 N–H and O–H groups in total. The zero-order chi connectivity index (χ0) is 15.2. The minimum atomic E-state index is 0.235. The van der Waals surface area contributed by atoms with Gasteiger partial charge in [-0.15, -0.1) is 0 Å². The minimum absolute atomic E-state index is 0.235. The normalized spacial score (nSPS) is 14.9. The lowest BCUT2D eigenvalue weighted by Crippen LogP contribution is -2.48. The number of pyridine rings is 1. The van der Waals surface area contributed by atoms with Crippen molar-refractivity contribution in [2.75, 3.05) is 31.1 Å². The fourth-order valence-electron chi connectivity index (χ4n) is 2.79. The molecule has 22 heavy (non-hydrogen) atoms. The summed E-state index contributed by atoms with van der Waals surface area (Å²) in [5, 5.41) is 0. The van der Waals surface area contributed by atoms with Crippen molar-refractivity contribution in [1.29, 1.82) is 0 Å².